The summed E-state index contributed by atoms with van der Waals surface area (Å²) in [5.41, 5.74) is 0.408. The van der Waals surface area contributed by atoms with E-state index in [4.69, 9.17) is 0 Å². The molecule has 3 heterocycles. The lowest BCUT2D eigenvalue weighted by atomic mass is 9.68. The first-order valence-corrected chi connectivity index (χ1v) is 9.25. The molecule has 3 saturated carbocycles. The van der Waals surface area contributed by atoms with Gasteiger partial charge in [-0.1, -0.05) is 0 Å². The molecule has 4 heteroatoms. The molecular weight excluding hydrogens is 296 g/mol. The molecule has 6 rings (SSSR count). The fourth-order valence-electron chi connectivity index (χ4n) is 6.43. The van der Waals surface area contributed by atoms with E-state index in [2.05, 4.69) is 10.2 Å². The highest BCUT2D eigenvalue weighted by molar-refractivity contribution is 5.85. The number of amides is 1. The minimum Gasteiger partial charge on any atom is -0.339 e. The molecule has 0 aromatic heterocycles. The molecule has 4 bridgehead atoms. The Labute approximate surface area is 140 Å². The lowest BCUT2D eigenvalue weighted by Gasteiger charge is -2.39. The molecule has 6 aliphatic rings. The van der Waals surface area contributed by atoms with Crippen molar-refractivity contribution in [2.75, 3.05) is 19.6 Å². The zero-order valence-electron chi connectivity index (χ0n) is 13.4. The zero-order valence-corrected chi connectivity index (χ0v) is 14.2. The van der Waals surface area contributed by atoms with E-state index in [1.54, 1.807) is 0 Å². The lowest BCUT2D eigenvalue weighted by Crippen LogP contribution is -2.44. The number of piperidine rings is 1. The molecule has 1 spiro atoms. The van der Waals surface area contributed by atoms with Gasteiger partial charge in [-0.3, -0.25) is 4.79 Å². The zero-order chi connectivity index (χ0) is 14.0. The van der Waals surface area contributed by atoms with Crippen LogP contribution in [0.25, 0.3) is 0 Å². The highest BCUT2D eigenvalue weighted by Gasteiger charge is 2.59. The standard InChI is InChI=1S/C18H28N2O.ClH/c21-17(16-10-18(16)1-3-19-4-2-18)20-11-14-6-12-5-13(7-14)9-15(20)8-12;/h12-16,19H,1-11H2;1H. The van der Waals surface area contributed by atoms with Gasteiger partial charge in [0.15, 0.2) is 0 Å². The fourth-order valence-corrected chi connectivity index (χ4v) is 6.43. The number of carbonyl (C=O) groups excluding carboxylic acids is 1. The van der Waals surface area contributed by atoms with Gasteiger partial charge < -0.3 is 10.2 Å². The highest BCUT2D eigenvalue weighted by atomic mass is 35.5. The molecule has 1 amide bonds. The van der Waals surface area contributed by atoms with E-state index in [-0.39, 0.29) is 12.4 Å². The van der Waals surface area contributed by atoms with E-state index < -0.39 is 0 Å². The number of nitrogens with one attached hydrogen (secondary N) is 1. The maximum atomic E-state index is 13.2. The minimum atomic E-state index is 0. The van der Waals surface area contributed by atoms with Crippen molar-refractivity contribution in [2.45, 2.75) is 57.4 Å². The van der Waals surface area contributed by atoms with Crippen LogP contribution in [0.2, 0.25) is 0 Å². The van der Waals surface area contributed by atoms with Crippen LogP contribution >= 0.6 is 12.4 Å². The van der Waals surface area contributed by atoms with Gasteiger partial charge in [-0.15, -0.1) is 12.4 Å². The van der Waals surface area contributed by atoms with Crippen LogP contribution in [0.5, 0.6) is 0 Å². The van der Waals surface area contributed by atoms with Gasteiger partial charge in [0.05, 0.1) is 0 Å². The Bertz CT molecular complexity index is 448. The predicted molar refractivity (Wildman–Crippen MR) is 88.9 cm³/mol. The van der Waals surface area contributed by atoms with Gasteiger partial charge in [0.1, 0.15) is 0 Å². The summed E-state index contributed by atoms with van der Waals surface area (Å²) in [5, 5.41) is 3.45. The molecule has 0 radical (unpaired) electrons. The summed E-state index contributed by atoms with van der Waals surface area (Å²) in [5.74, 6) is 3.65. The second kappa shape index (κ2) is 5.37. The minimum absolute atomic E-state index is 0. The monoisotopic (exact) mass is 324 g/mol. The maximum Gasteiger partial charge on any atom is 0.226 e. The topological polar surface area (TPSA) is 32.3 Å². The molecule has 6 fully saturated rings. The van der Waals surface area contributed by atoms with Gasteiger partial charge in [-0.05, 0) is 87.6 Å². The smallest absolute Gasteiger partial charge is 0.226 e. The first-order chi connectivity index (χ1) is 10.2. The maximum absolute atomic E-state index is 13.2. The van der Waals surface area contributed by atoms with Gasteiger partial charge in [0, 0.05) is 18.5 Å². The average molecular weight is 325 g/mol. The molecule has 0 aromatic rings. The van der Waals surface area contributed by atoms with Gasteiger partial charge in [-0.25, -0.2) is 0 Å². The third-order valence-electron chi connectivity index (χ3n) is 7.48. The summed E-state index contributed by atoms with van der Waals surface area (Å²) in [6, 6.07) is 0.605. The summed E-state index contributed by atoms with van der Waals surface area (Å²) >= 11 is 0. The van der Waals surface area contributed by atoms with Crippen molar-refractivity contribution in [3.05, 3.63) is 0 Å². The second-order valence-corrected chi connectivity index (χ2v) is 8.79. The first-order valence-electron chi connectivity index (χ1n) is 9.25. The van der Waals surface area contributed by atoms with Gasteiger partial charge >= 0.3 is 0 Å². The number of hydrogen-bond donors (Lipinski definition) is 1. The Morgan fingerprint density at radius 3 is 2.27 bits per heavy atom. The van der Waals surface area contributed by atoms with Crippen LogP contribution in [-0.2, 0) is 4.79 Å². The lowest BCUT2D eigenvalue weighted by molar-refractivity contribution is -0.136. The Morgan fingerprint density at radius 1 is 0.955 bits per heavy atom. The number of halogens is 1. The number of nitrogens with zero attached hydrogens (tertiary/aromatic N) is 1. The number of rotatable bonds is 1. The number of carbonyl (C=O) groups is 1. The third kappa shape index (κ3) is 2.31. The molecule has 1 N–H and O–H groups in total. The van der Waals surface area contributed by atoms with Crippen molar-refractivity contribution in [1.29, 1.82) is 0 Å². The molecule has 3 aliphatic heterocycles. The van der Waals surface area contributed by atoms with Crippen LogP contribution < -0.4 is 5.32 Å². The largest absolute Gasteiger partial charge is 0.339 e. The van der Waals surface area contributed by atoms with E-state index in [1.807, 2.05) is 0 Å². The van der Waals surface area contributed by atoms with Gasteiger partial charge in [0.2, 0.25) is 5.91 Å². The Balaban J connectivity index is 0.00000125. The van der Waals surface area contributed by atoms with Crippen LogP contribution in [0.1, 0.15) is 51.4 Å². The highest BCUT2D eigenvalue weighted by Crippen LogP contribution is 2.60. The van der Waals surface area contributed by atoms with E-state index >= 15 is 0 Å². The van der Waals surface area contributed by atoms with E-state index in [0.717, 1.165) is 37.4 Å². The van der Waals surface area contributed by atoms with Gasteiger partial charge in [-0.2, -0.15) is 0 Å². The molecule has 3 atom stereocenters. The summed E-state index contributed by atoms with van der Waals surface area (Å²) in [6.07, 6.45) is 10.6. The molecule has 22 heavy (non-hydrogen) atoms. The summed E-state index contributed by atoms with van der Waals surface area (Å²) in [6.45, 7) is 3.35. The Kier molecular flexibility index (Phi) is 3.73. The van der Waals surface area contributed by atoms with Crippen molar-refractivity contribution in [3.8, 4) is 0 Å². The number of fused-ring (bicyclic) bond motifs is 1. The summed E-state index contributed by atoms with van der Waals surface area (Å²) < 4.78 is 0. The molecular formula is C18H29ClN2O. The first kappa shape index (κ1) is 15.3. The van der Waals surface area contributed by atoms with Crippen LogP contribution in [0.15, 0.2) is 0 Å². The summed E-state index contributed by atoms with van der Waals surface area (Å²) in [4.78, 5) is 15.5. The van der Waals surface area contributed by atoms with Crippen molar-refractivity contribution in [2.24, 2.45) is 29.1 Å². The van der Waals surface area contributed by atoms with Crippen LogP contribution in [0.3, 0.4) is 0 Å². The third-order valence-corrected chi connectivity index (χ3v) is 7.48. The van der Waals surface area contributed by atoms with Crippen LogP contribution in [-0.4, -0.2) is 36.5 Å². The molecule has 3 nitrogen and oxygen atoms in total. The number of hydrogen-bond acceptors (Lipinski definition) is 2. The van der Waals surface area contributed by atoms with Crippen molar-refractivity contribution in [3.63, 3.8) is 0 Å². The summed E-state index contributed by atoms with van der Waals surface area (Å²) in [7, 11) is 0. The van der Waals surface area contributed by atoms with Crippen molar-refractivity contribution < 1.29 is 4.79 Å². The fraction of sp³-hybridized carbons (Fsp3) is 0.944. The van der Waals surface area contributed by atoms with Crippen LogP contribution in [0, 0.1) is 29.1 Å². The Morgan fingerprint density at radius 2 is 1.59 bits per heavy atom. The van der Waals surface area contributed by atoms with Crippen molar-refractivity contribution >= 4 is 18.3 Å². The predicted octanol–water partition coefficient (Wildman–Crippen LogP) is 2.84. The van der Waals surface area contributed by atoms with E-state index in [9.17, 15) is 4.79 Å². The Hall–Kier alpha value is -0.280. The second-order valence-electron chi connectivity index (χ2n) is 8.79. The van der Waals surface area contributed by atoms with Crippen molar-refractivity contribution in [1.82, 2.24) is 10.2 Å². The quantitative estimate of drug-likeness (QED) is 0.804. The normalized spacial score (nSPS) is 44.5. The van der Waals surface area contributed by atoms with Crippen LogP contribution in [0.4, 0.5) is 0 Å². The molecule has 0 aromatic carbocycles. The van der Waals surface area contributed by atoms with E-state index in [1.165, 1.54) is 51.4 Å². The average Bonchev–Trinajstić information content (AvgIpc) is 3.20. The molecule has 3 unspecified atom stereocenters. The van der Waals surface area contributed by atoms with Gasteiger partial charge in [0.25, 0.3) is 0 Å². The van der Waals surface area contributed by atoms with E-state index in [0.29, 0.717) is 23.3 Å². The molecule has 3 aliphatic carbocycles. The molecule has 3 saturated heterocycles. The molecule has 124 valence electrons. The SMILES string of the molecule is Cl.O=C(C1CC12CCNCC2)N1CC2CC3CC(C2)CC1C3.